The van der Waals surface area contributed by atoms with Gasteiger partial charge in [-0.05, 0) is 30.2 Å². The van der Waals surface area contributed by atoms with Crippen molar-refractivity contribution in [3.63, 3.8) is 0 Å². The molecule has 1 saturated heterocycles. The van der Waals surface area contributed by atoms with Gasteiger partial charge in [0.05, 0.1) is 4.90 Å². The fraction of sp³-hybridized carbons (Fsp3) is 0.300. The van der Waals surface area contributed by atoms with Crippen molar-refractivity contribution in [3.8, 4) is 0 Å². The van der Waals surface area contributed by atoms with Gasteiger partial charge in [0.1, 0.15) is 0 Å². The fourth-order valence-electron chi connectivity index (χ4n) is 3.62. The molecule has 0 atom stereocenters. The summed E-state index contributed by atoms with van der Waals surface area (Å²) >= 11 is 0. The van der Waals surface area contributed by atoms with Crippen LogP contribution in [-0.2, 0) is 16.6 Å². The first kappa shape index (κ1) is 17.3. The van der Waals surface area contributed by atoms with Crippen LogP contribution < -0.4 is 0 Å². The Balaban J connectivity index is 1.45. The lowest BCUT2D eigenvalue weighted by atomic mass is 10.1. The molecule has 0 aliphatic carbocycles. The minimum atomic E-state index is -3.41. The number of hydrogen-bond acceptors (Lipinski definition) is 3. The molecule has 1 aliphatic rings. The highest BCUT2D eigenvalue weighted by Crippen LogP contribution is 2.23. The number of para-hydroxylation sites is 1. The van der Waals surface area contributed by atoms with Crippen LogP contribution in [0.5, 0.6) is 0 Å². The van der Waals surface area contributed by atoms with Gasteiger partial charge in [-0.3, -0.25) is 4.90 Å². The zero-order chi connectivity index (χ0) is 18.1. The molecule has 1 aromatic heterocycles. The third-order valence-electron chi connectivity index (χ3n) is 5.11. The lowest BCUT2D eigenvalue weighted by Crippen LogP contribution is -2.48. The number of piperazine rings is 1. The number of fused-ring (bicyclic) bond motifs is 1. The Kier molecular flexibility index (Phi) is 4.56. The zero-order valence-electron chi connectivity index (χ0n) is 14.9. The molecule has 1 aliphatic heterocycles. The van der Waals surface area contributed by atoms with Gasteiger partial charge in [0.25, 0.3) is 0 Å². The lowest BCUT2D eigenvalue weighted by Gasteiger charge is -2.34. The Bertz CT molecular complexity index is 1020. The summed E-state index contributed by atoms with van der Waals surface area (Å²) in [6.45, 7) is 5.22. The van der Waals surface area contributed by atoms with E-state index in [2.05, 4.69) is 28.2 Å². The molecule has 2 heterocycles. The molecular formula is C20H23N3O2S. The van der Waals surface area contributed by atoms with Gasteiger partial charge in [0.15, 0.2) is 0 Å². The van der Waals surface area contributed by atoms with E-state index in [9.17, 15) is 8.42 Å². The van der Waals surface area contributed by atoms with Crippen molar-refractivity contribution in [3.05, 3.63) is 65.9 Å². The number of benzene rings is 2. The number of aromatic amines is 1. The molecule has 0 unspecified atom stereocenters. The molecule has 5 nitrogen and oxygen atoms in total. The summed E-state index contributed by atoms with van der Waals surface area (Å²) in [7, 11) is -3.41. The Morgan fingerprint density at radius 2 is 1.65 bits per heavy atom. The van der Waals surface area contributed by atoms with Gasteiger partial charge in [0.2, 0.25) is 10.0 Å². The maximum atomic E-state index is 12.9. The summed E-state index contributed by atoms with van der Waals surface area (Å²) in [4.78, 5) is 6.05. The molecule has 2 aromatic carbocycles. The second-order valence-corrected chi connectivity index (χ2v) is 8.71. The normalized spacial score (nSPS) is 17.0. The van der Waals surface area contributed by atoms with Gasteiger partial charge in [-0.25, -0.2) is 8.42 Å². The minimum Gasteiger partial charge on any atom is -0.361 e. The van der Waals surface area contributed by atoms with Crippen LogP contribution in [-0.4, -0.2) is 48.8 Å². The number of sulfonamides is 1. The molecular weight excluding hydrogens is 346 g/mol. The van der Waals surface area contributed by atoms with Crippen molar-refractivity contribution in [1.29, 1.82) is 0 Å². The van der Waals surface area contributed by atoms with Crippen LogP contribution in [0.2, 0.25) is 0 Å². The molecule has 0 radical (unpaired) electrons. The lowest BCUT2D eigenvalue weighted by molar-refractivity contribution is 0.182. The average molecular weight is 369 g/mol. The van der Waals surface area contributed by atoms with Crippen molar-refractivity contribution in [2.75, 3.05) is 26.2 Å². The smallest absolute Gasteiger partial charge is 0.243 e. The Hall–Kier alpha value is -2.15. The molecule has 26 heavy (non-hydrogen) atoms. The Morgan fingerprint density at radius 1 is 0.962 bits per heavy atom. The quantitative estimate of drug-likeness (QED) is 0.769. The Labute approximate surface area is 154 Å². The number of aryl methyl sites for hydroxylation is 1. The van der Waals surface area contributed by atoms with Gasteiger partial charge in [0, 0.05) is 49.8 Å². The van der Waals surface area contributed by atoms with E-state index in [1.807, 2.05) is 31.2 Å². The first-order valence-corrected chi connectivity index (χ1v) is 10.3. The van der Waals surface area contributed by atoms with E-state index in [1.54, 1.807) is 16.4 Å². The largest absolute Gasteiger partial charge is 0.361 e. The summed E-state index contributed by atoms with van der Waals surface area (Å²) in [5.74, 6) is 0. The molecule has 0 amide bonds. The third kappa shape index (κ3) is 3.16. The highest BCUT2D eigenvalue weighted by molar-refractivity contribution is 7.89. The van der Waals surface area contributed by atoms with Gasteiger partial charge < -0.3 is 4.98 Å². The van der Waals surface area contributed by atoms with E-state index in [4.69, 9.17) is 0 Å². The molecule has 0 bridgehead atoms. The highest BCUT2D eigenvalue weighted by Gasteiger charge is 2.29. The van der Waals surface area contributed by atoms with Crippen LogP contribution in [0.1, 0.15) is 11.1 Å². The van der Waals surface area contributed by atoms with Gasteiger partial charge in [-0.15, -0.1) is 0 Å². The number of H-pyrrole nitrogens is 1. The molecule has 3 aromatic rings. The monoisotopic (exact) mass is 369 g/mol. The van der Waals surface area contributed by atoms with Crippen LogP contribution >= 0.6 is 0 Å². The van der Waals surface area contributed by atoms with Crippen LogP contribution in [0.4, 0.5) is 0 Å². The first-order valence-electron chi connectivity index (χ1n) is 8.89. The van der Waals surface area contributed by atoms with E-state index < -0.39 is 10.0 Å². The van der Waals surface area contributed by atoms with Crippen molar-refractivity contribution in [1.82, 2.24) is 14.2 Å². The molecule has 136 valence electrons. The van der Waals surface area contributed by atoms with E-state index in [1.165, 1.54) is 10.9 Å². The summed E-state index contributed by atoms with van der Waals surface area (Å²) in [5.41, 5.74) is 3.20. The summed E-state index contributed by atoms with van der Waals surface area (Å²) in [6, 6.07) is 15.5. The SMILES string of the molecule is Cc1ccccc1S(=O)(=O)N1CCN(Cc2c[nH]c3ccccc23)CC1. The molecule has 0 spiro atoms. The standard InChI is InChI=1S/C20H23N3O2S/c1-16-6-2-5-9-20(16)26(24,25)23-12-10-22(11-13-23)15-17-14-21-19-8-4-3-7-18(17)19/h2-9,14,21H,10-13,15H2,1H3. The molecule has 0 saturated carbocycles. The Morgan fingerprint density at radius 3 is 2.42 bits per heavy atom. The maximum absolute atomic E-state index is 12.9. The van der Waals surface area contributed by atoms with Gasteiger partial charge >= 0.3 is 0 Å². The van der Waals surface area contributed by atoms with Crippen LogP contribution in [0.25, 0.3) is 10.9 Å². The van der Waals surface area contributed by atoms with E-state index in [-0.39, 0.29) is 0 Å². The molecule has 1 fully saturated rings. The average Bonchev–Trinajstić information content (AvgIpc) is 3.05. The van der Waals surface area contributed by atoms with Gasteiger partial charge in [-0.2, -0.15) is 4.31 Å². The number of rotatable bonds is 4. The molecule has 6 heteroatoms. The van der Waals surface area contributed by atoms with Crippen LogP contribution in [0, 0.1) is 6.92 Å². The van der Waals surface area contributed by atoms with E-state index >= 15 is 0 Å². The maximum Gasteiger partial charge on any atom is 0.243 e. The predicted octanol–water partition coefficient (Wildman–Crippen LogP) is 2.98. The predicted molar refractivity (Wildman–Crippen MR) is 104 cm³/mol. The number of hydrogen-bond donors (Lipinski definition) is 1. The second-order valence-electron chi connectivity index (χ2n) is 6.81. The minimum absolute atomic E-state index is 0.421. The molecule has 4 rings (SSSR count). The summed E-state index contributed by atoms with van der Waals surface area (Å²) < 4.78 is 27.4. The number of aromatic nitrogens is 1. The fourth-order valence-corrected chi connectivity index (χ4v) is 5.26. The summed E-state index contributed by atoms with van der Waals surface area (Å²) in [6.07, 6.45) is 2.06. The highest BCUT2D eigenvalue weighted by atomic mass is 32.2. The number of nitrogens with one attached hydrogen (secondary N) is 1. The number of nitrogens with zero attached hydrogens (tertiary/aromatic N) is 2. The van der Waals surface area contributed by atoms with Crippen molar-refractivity contribution >= 4 is 20.9 Å². The van der Waals surface area contributed by atoms with Crippen molar-refractivity contribution in [2.45, 2.75) is 18.4 Å². The molecule has 1 N–H and O–H groups in total. The second kappa shape index (κ2) is 6.87. The van der Waals surface area contributed by atoms with E-state index in [0.717, 1.165) is 30.7 Å². The topological polar surface area (TPSA) is 56.4 Å². The van der Waals surface area contributed by atoms with E-state index in [0.29, 0.717) is 18.0 Å². The zero-order valence-corrected chi connectivity index (χ0v) is 15.7. The summed E-state index contributed by atoms with van der Waals surface area (Å²) in [5, 5.41) is 1.24. The van der Waals surface area contributed by atoms with Gasteiger partial charge in [-0.1, -0.05) is 36.4 Å². The third-order valence-corrected chi connectivity index (χ3v) is 7.17. The van der Waals surface area contributed by atoms with Crippen molar-refractivity contribution in [2.24, 2.45) is 0 Å². The van der Waals surface area contributed by atoms with Crippen LogP contribution in [0.3, 0.4) is 0 Å². The van der Waals surface area contributed by atoms with Crippen molar-refractivity contribution < 1.29 is 8.42 Å². The first-order chi connectivity index (χ1) is 12.6. The van der Waals surface area contributed by atoms with Crippen LogP contribution in [0.15, 0.2) is 59.6 Å².